The van der Waals surface area contributed by atoms with E-state index in [9.17, 15) is 0 Å². The second kappa shape index (κ2) is 3.74. The highest BCUT2D eigenvalue weighted by Gasteiger charge is 2.19. The van der Waals surface area contributed by atoms with Crippen molar-refractivity contribution in [3.05, 3.63) is 36.4 Å². The van der Waals surface area contributed by atoms with E-state index < -0.39 is 0 Å². The van der Waals surface area contributed by atoms with E-state index in [1.54, 1.807) is 0 Å². The lowest BCUT2D eigenvalue weighted by atomic mass is 10.0. The highest BCUT2D eigenvalue weighted by atomic mass is 15.1. The summed E-state index contributed by atoms with van der Waals surface area (Å²) in [5, 5.41) is 0. The number of pyridine rings is 1. The van der Waals surface area contributed by atoms with E-state index in [1.807, 2.05) is 24.4 Å². The van der Waals surface area contributed by atoms with Gasteiger partial charge in [0, 0.05) is 24.9 Å². The fourth-order valence-electron chi connectivity index (χ4n) is 2.34. The van der Waals surface area contributed by atoms with Crippen LogP contribution in [0.4, 0.5) is 0 Å². The molecule has 1 aliphatic heterocycles. The molecule has 1 unspecified atom stereocenters. The molecule has 82 valence electrons. The maximum atomic E-state index is 4.70. The summed E-state index contributed by atoms with van der Waals surface area (Å²) in [6, 6.07) is 5.95. The van der Waals surface area contributed by atoms with Crippen LogP contribution in [0.5, 0.6) is 0 Å². The van der Waals surface area contributed by atoms with Crippen LogP contribution in [0.2, 0.25) is 0 Å². The van der Waals surface area contributed by atoms with Gasteiger partial charge in [0.2, 0.25) is 0 Å². The van der Waals surface area contributed by atoms with Gasteiger partial charge in [0.1, 0.15) is 11.5 Å². The molecule has 0 saturated heterocycles. The molecule has 3 heterocycles. The van der Waals surface area contributed by atoms with E-state index in [0.717, 1.165) is 17.9 Å². The number of nitrogens with zero attached hydrogens (tertiary/aromatic N) is 3. The van der Waals surface area contributed by atoms with Gasteiger partial charge in [-0.3, -0.25) is 4.98 Å². The predicted molar refractivity (Wildman–Crippen MR) is 63.1 cm³/mol. The number of fused-ring (bicyclic) bond motifs is 1. The van der Waals surface area contributed by atoms with Crippen molar-refractivity contribution in [2.75, 3.05) is 0 Å². The third-order valence-corrected chi connectivity index (χ3v) is 3.21. The summed E-state index contributed by atoms with van der Waals surface area (Å²) >= 11 is 0. The van der Waals surface area contributed by atoms with Gasteiger partial charge in [-0.15, -0.1) is 0 Å². The summed E-state index contributed by atoms with van der Waals surface area (Å²) in [7, 11) is 0. The first-order chi connectivity index (χ1) is 7.84. The van der Waals surface area contributed by atoms with Gasteiger partial charge in [-0.25, -0.2) is 4.98 Å². The molecule has 0 N–H and O–H groups in total. The summed E-state index contributed by atoms with van der Waals surface area (Å²) in [5.74, 6) is 1.79. The molecule has 0 amide bonds. The Morgan fingerprint density at radius 2 is 2.25 bits per heavy atom. The van der Waals surface area contributed by atoms with E-state index in [2.05, 4.69) is 22.7 Å². The van der Waals surface area contributed by atoms with Crippen LogP contribution < -0.4 is 0 Å². The van der Waals surface area contributed by atoms with Gasteiger partial charge in [-0.2, -0.15) is 0 Å². The molecule has 2 aromatic rings. The zero-order valence-electron chi connectivity index (χ0n) is 9.43. The largest absolute Gasteiger partial charge is 0.334 e. The molecular formula is C13H15N3. The Morgan fingerprint density at radius 3 is 3.00 bits per heavy atom. The van der Waals surface area contributed by atoms with Crippen LogP contribution in [0.3, 0.4) is 0 Å². The standard InChI is InChI=1S/C13H15N3/c1-10-5-4-8-16-9-12(15-13(10)16)11-6-2-3-7-14-11/h2-3,6-7,9-10H,4-5,8H2,1H3. The molecule has 3 rings (SSSR count). The Morgan fingerprint density at radius 1 is 1.31 bits per heavy atom. The van der Waals surface area contributed by atoms with Gasteiger partial charge in [-0.1, -0.05) is 13.0 Å². The second-order valence-corrected chi connectivity index (χ2v) is 4.44. The Kier molecular flexibility index (Phi) is 2.24. The molecule has 16 heavy (non-hydrogen) atoms. The molecular weight excluding hydrogens is 198 g/mol. The monoisotopic (exact) mass is 213 g/mol. The van der Waals surface area contributed by atoms with Gasteiger partial charge < -0.3 is 4.57 Å². The van der Waals surface area contributed by atoms with Crippen molar-refractivity contribution in [1.82, 2.24) is 14.5 Å². The minimum atomic E-state index is 0.575. The van der Waals surface area contributed by atoms with E-state index in [0.29, 0.717) is 5.92 Å². The molecule has 1 atom stereocenters. The Bertz CT molecular complexity index is 487. The number of aryl methyl sites for hydroxylation is 1. The lowest BCUT2D eigenvalue weighted by Crippen LogP contribution is -2.12. The van der Waals surface area contributed by atoms with Crippen molar-refractivity contribution < 1.29 is 0 Å². The van der Waals surface area contributed by atoms with Crippen LogP contribution in [-0.2, 0) is 6.54 Å². The average molecular weight is 213 g/mol. The van der Waals surface area contributed by atoms with Gasteiger partial charge in [0.05, 0.1) is 5.69 Å². The highest BCUT2D eigenvalue weighted by Crippen LogP contribution is 2.28. The molecule has 3 nitrogen and oxygen atoms in total. The highest BCUT2D eigenvalue weighted by molar-refractivity contribution is 5.53. The molecule has 0 aromatic carbocycles. The van der Waals surface area contributed by atoms with Crippen molar-refractivity contribution >= 4 is 0 Å². The summed E-state index contributed by atoms with van der Waals surface area (Å²) < 4.78 is 2.28. The SMILES string of the molecule is CC1CCCn2cc(-c3ccccn3)nc21. The summed E-state index contributed by atoms with van der Waals surface area (Å²) in [4.78, 5) is 9.04. The molecule has 1 aliphatic rings. The first kappa shape index (κ1) is 9.58. The normalized spacial score (nSPS) is 19.4. The summed E-state index contributed by atoms with van der Waals surface area (Å²) in [5.41, 5.74) is 1.97. The van der Waals surface area contributed by atoms with E-state index >= 15 is 0 Å². The Balaban J connectivity index is 2.05. The van der Waals surface area contributed by atoms with Crippen LogP contribution in [0.25, 0.3) is 11.4 Å². The van der Waals surface area contributed by atoms with Crippen molar-refractivity contribution in [2.45, 2.75) is 32.2 Å². The van der Waals surface area contributed by atoms with Crippen molar-refractivity contribution in [3.8, 4) is 11.4 Å². The van der Waals surface area contributed by atoms with Gasteiger partial charge in [0.25, 0.3) is 0 Å². The molecule has 0 radical (unpaired) electrons. The van der Waals surface area contributed by atoms with Crippen LogP contribution in [0, 0.1) is 0 Å². The lowest BCUT2D eigenvalue weighted by Gasteiger charge is -2.19. The van der Waals surface area contributed by atoms with Crippen molar-refractivity contribution in [1.29, 1.82) is 0 Å². The molecule has 0 fully saturated rings. The summed E-state index contributed by atoms with van der Waals surface area (Å²) in [6.07, 6.45) is 6.45. The minimum absolute atomic E-state index is 0.575. The van der Waals surface area contributed by atoms with Crippen LogP contribution >= 0.6 is 0 Å². The third-order valence-electron chi connectivity index (χ3n) is 3.21. The Hall–Kier alpha value is -1.64. The van der Waals surface area contributed by atoms with Gasteiger partial charge in [0.15, 0.2) is 0 Å². The van der Waals surface area contributed by atoms with E-state index in [4.69, 9.17) is 4.98 Å². The van der Waals surface area contributed by atoms with E-state index in [-0.39, 0.29) is 0 Å². The average Bonchev–Trinajstić information content (AvgIpc) is 2.76. The van der Waals surface area contributed by atoms with Crippen LogP contribution in [-0.4, -0.2) is 14.5 Å². The minimum Gasteiger partial charge on any atom is -0.334 e. The number of imidazole rings is 1. The molecule has 0 aliphatic carbocycles. The number of hydrogen-bond donors (Lipinski definition) is 0. The first-order valence-corrected chi connectivity index (χ1v) is 5.83. The fourth-order valence-corrected chi connectivity index (χ4v) is 2.34. The second-order valence-electron chi connectivity index (χ2n) is 4.44. The zero-order valence-corrected chi connectivity index (χ0v) is 9.43. The zero-order chi connectivity index (χ0) is 11.0. The van der Waals surface area contributed by atoms with Crippen molar-refractivity contribution in [3.63, 3.8) is 0 Å². The topological polar surface area (TPSA) is 30.7 Å². The quantitative estimate of drug-likeness (QED) is 0.729. The maximum Gasteiger partial charge on any atom is 0.112 e. The first-order valence-electron chi connectivity index (χ1n) is 5.83. The molecule has 2 aromatic heterocycles. The maximum absolute atomic E-state index is 4.70. The van der Waals surface area contributed by atoms with Gasteiger partial charge in [-0.05, 0) is 25.0 Å². The molecule has 3 heteroatoms. The van der Waals surface area contributed by atoms with Crippen LogP contribution in [0.15, 0.2) is 30.6 Å². The Labute approximate surface area is 95.2 Å². The number of rotatable bonds is 1. The molecule has 0 saturated carbocycles. The third kappa shape index (κ3) is 1.52. The summed E-state index contributed by atoms with van der Waals surface area (Å²) in [6.45, 7) is 3.35. The smallest absolute Gasteiger partial charge is 0.112 e. The number of aromatic nitrogens is 3. The molecule has 0 spiro atoms. The lowest BCUT2D eigenvalue weighted by molar-refractivity contribution is 0.463. The van der Waals surface area contributed by atoms with Crippen molar-refractivity contribution in [2.24, 2.45) is 0 Å². The van der Waals surface area contributed by atoms with Gasteiger partial charge >= 0.3 is 0 Å². The fraction of sp³-hybridized carbons (Fsp3) is 0.385. The predicted octanol–water partition coefficient (Wildman–Crippen LogP) is 2.84. The van der Waals surface area contributed by atoms with Crippen LogP contribution in [0.1, 0.15) is 31.5 Å². The molecule has 0 bridgehead atoms. The number of hydrogen-bond acceptors (Lipinski definition) is 2. The van der Waals surface area contributed by atoms with E-state index in [1.165, 1.54) is 18.7 Å².